The Morgan fingerprint density at radius 3 is 2.56 bits per heavy atom. The lowest BCUT2D eigenvalue weighted by Gasteiger charge is -2.26. The van der Waals surface area contributed by atoms with Gasteiger partial charge in [-0.05, 0) is 75.2 Å². The van der Waals surface area contributed by atoms with Crippen LogP contribution in [0.2, 0.25) is 0 Å². The minimum Gasteiger partial charge on any atom is -0.494 e. The van der Waals surface area contributed by atoms with Gasteiger partial charge in [-0.3, -0.25) is 9.78 Å². The van der Waals surface area contributed by atoms with Crippen LogP contribution in [0, 0.1) is 0 Å². The second kappa shape index (κ2) is 10.0. The molecule has 142 valence electrons. The number of likely N-dealkylation sites (tertiary alicyclic amines) is 1. The van der Waals surface area contributed by atoms with E-state index in [0.717, 1.165) is 36.6 Å². The quantitative estimate of drug-likeness (QED) is 0.512. The first-order valence-corrected chi connectivity index (χ1v) is 9.81. The van der Waals surface area contributed by atoms with Crippen molar-refractivity contribution in [1.82, 2.24) is 9.88 Å². The van der Waals surface area contributed by atoms with Gasteiger partial charge in [0, 0.05) is 18.3 Å². The summed E-state index contributed by atoms with van der Waals surface area (Å²) in [5, 5.41) is 0. The number of rotatable bonds is 8. The highest BCUT2D eigenvalue weighted by molar-refractivity contribution is 6.24. The molecule has 0 amide bonds. The lowest BCUT2D eigenvalue weighted by Crippen LogP contribution is -2.31. The second-order valence-electron chi connectivity index (χ2n) is 7.00. The van der Waals surface area contributed by atoms with E-state index >= 15 is 0 Å². The first-order valence-electron chi connectivity index (χ1n) is 9.81. The highest BCUT2D eigenvalue weighted by atomic mass is 16.5. The van der Waals surface area contributed by atoms with Crippen molar-refractivity contribution in [3.63, 3.8) is 0 Å². The third kappa shape index (κ3) is 6.04. The van der Waals surface area contributed by atoms with Crippen LogP contribution < -0.4 is 4.74 Å². The van der Waals surface area contributed by atoms with Crippen molar-refractivity contribution in [1.29, 1.82) is 0 Å². The smallest absolute Gasteiger partial charge is 0.160 e. The number of allylic oxidation sites excluding steroid dienone is 1. The highest BCUT2D eigenvalue weighted by Crippen LogP contribution is 2.22. The van der Waals surface area contributed by atoms with E-state index in [0.29, 0.717) is 5.57 Å². The van der Waals surface area contributed by atoms with Crippen molar-refractivity contribution < 1.29 is 9.53 Å². The molecule has 2 heterocycles. The Bertz CT molecular complexity index is 748. The SMILES string of the molecule is CC(=O)/C(=C\c1ccccn1)c1ccc(OCCCN2CCCCC2)cc1. The Labute approximate surface area is 161 Å². The molecule has 1 aliphatic heterocycles. The van der Waals surface area contributed by atoms with Crippen LogP contribution in [0.3, 0.4) is 0 Å². The zero-order valence-corrected chi connectivity index (χ0v) is 16.1. The van der Waals surface area contributed by atoms with Crippen molar-refractivity contribution in [3.8, 4) is 5.75 Å². The number of carbonyl (C=O) groups is 1. The molecule has 1 aliphatic rings. The Balaban J connectivity index is 1.55. The van der Waals surface area contributed by atoms with Crippen LogP contribution in [0.5, 0.6) is 5.75 Å². The molecule has 1 saturated heterocycles. The van der Waals surface area contributed by atoms with E-state index in [2.05, 4.69) is 9.88 Å². The van der Waals surface area contributed by atoms with E-state index in [4.69, 9.17) is 4.74 Å². The van der Waals surface area contributed by atoms with Gasteiger partial charge in [-0.15, -0.1) is 0 Å². The van der Waals surface area contributed by atoms with Crippen LogP contribution >= 0.6 is 0 Å². The Hall–Kier alpha value is -2.46. The van der Waals surface area contributed by atoms with Crippen LogP contribution in [-0.2, 0) is 4.79 Å². The summed E-state index contributed by atoms with van der Waals surface area (Å²) in [5.74, 6) is 0.869. The molecule has 0 unspecified atom stereocenters. The summed E-state index contributed by atoms with van der Waals surface area (Å²) in [6.45, 7) is 5.87. The van der Waals surface area contributed by atoms with Crippen LogP contribution in [0.25, 0.3) is 11.6 Å². The minimum absolute atomic E-state index is 0.0239. The molecule has 0 bridgehead atoms. The summed E-state index contributed by atoms with van der Waals surface area (Å²) in [5.41, 5.74) is 2.32. The van der Waals surface area contributed by atoms with Gasteiger partial charge in [0.05, 0.1) is 12.3 Å². The molecule has 3 rings (SSSR count). The molecule has 0 N–H and O–H groups in total. The predicted octanol–water partition coefficient (Wildman–Crippen LogP) is 4.47. The number of pyridine rings is 1. The van der Waals surface area contributed by atoms with Gasteiger partial charge in [-0.2, -0.15) is 0 Å². The number of ketones is 1. The molecule has 2 aromatic rings. The second-order valence-corrected chi connectivity index (χ2v) is 7.00. The molecular formula is C23H28N2O2. The van der Waals surface area contributed by atoms with Crippen LogP contribution in [0.4, 0.5) is 0 Å². The van der Waals surface area contributed by atoms with Crippen molar-refractivity contribution in [2.45, 2.75) is 32.6 Å². The van der Waals surface area contributed by atoms with Gasteiger partial charge in [0.25, 0.3) is 0 Å². The standard InChI is InChI=1S/C23H28N2O2/c1-19(26)23(18-21-8-3-4-13-24-21)20-9-11-22(12-10-20)27-17-7-16-25-14-5-2-6-15-25/h3-4,8-13,18H,2,5-7,14-17H2,1H3/b23-18+. The van der Waals surface area contributed by atoms with Crippen LogP contribution in [0.15, 0.2) is 48.7 Å². The van der Waals surface area contributed by atoms with Gasteiger partial charge in [-0.1, -0.05) is 24.6 Å². The fraction of sp³-hybridized carbons (Fsp3) is 0.391. The average molecular weight is 364 g/mol. The van der Waals surface area contributed by atoms with Gasteiger partial charge in [-0.25, -0.2) is 0 Å². The van der Waals surface area contributed by atoms with Crippen LogP contribution in [-0.4, -0.2) is 41.9 Å². The van der Waals surface area contributed by atoms with Crippen molar-refractivity contribution >= 4 is 17.4 Å². The molecule has 27 heavy (non-hydrogen) atoms. The van der Waals surface area contributed by atoms with Gasteiger partial charge >= 0.3 is 0 Å². The molecule has 1 aromatic carbocycles. The zero-order chi connectivity index (χ0) is 18.9. The highest BCUT2D eigenvalue weighted by Gasteiger charge is 2.10. The molecule has 0 atom stereocenters. The maximum absolute atomic E-state index is 12.1. The zero-order valence-electron chi connectivity index (χ0n) is 16.1. The molecule has 0 spiro atoms. The third-order valence-corrected chi connectivity index (χ3v) is 4.86. The number of benzene rings is 1. The third-order valence-electron chi connectivity index (χ3n) is 4.86. The molecule has 4 nitrogen and oxygen atoms in total. The Morgan fingerprint density at radius 1 is 1.11 bits per heavy atom. The van der Waals surface area contributed by atoms with Gasteiger partial charge < -0.3 is 9.64 Å². The van der Waals surface area contributed by atoms with Crippen LogP contribution in [0.1, 0.15) is 43.9 Å². The minimum atomic E-state index is 0.0239. The van der Waals surface area contributed by atoms with Gasteiger partial charge in [0.1, 0.15) is 5.75 Å². The lowest BCUT2D eigenvalue weighted by molar-refractivity contribution is -0.111. The number of carbonyl (C=O) groups excluding carboxylic acids is 1. The van der Waals surface area contributed by atoms with Crippen molar-refractivity contribution in [3.05, 3.63) is 59.9 Å². The Kier molecular flexibility index (Phi) is 7.17. The van der Waals surface area contributed by atoms with E-state index in [9.17, 15) is 4.79 Å². The van der Waals surface area contributed by atoms with Crippen molar-refractivity contribution in [2.24, 2.45) is 0 Å². The number of aromatic nitrogens is 1. The first kappa shape index (κ1) is 19.3. The molecule has 0 radical (unpaired) electrons. The topological polar surface area (TPSA) is 42.4 Å². The molecule has 0 aliphatic carbocycles. The summed E-state index contributed by atoms with van der Waals surface area (Å²) in [7, 11) is 0. The molecule has 1 aromatic heterocycles. The summed E-state index contributed by atoms with van der Waals surface area (Å²) in [6, 6.07) is 13.4. The Morgan fingerprint density at radius 2 is 1.89 bits per heavy atom. The molecular weight excluding hydrogens is 336 g/mol. The number of hydrogen-bond donors (Lipinski definition) is 0. The average Bonchev–Trinajstić information content (AvgIpc) is 2.71. The fourth-order valence-corrected chi connectivity index (χ4v) is 3.39. The number of hydrogen-bond acceptors (Lipinski definition) is 4. The number of piperidine rings is 1. The summed E-state index contributed by atoms with van der Waals surface area (Å²) in [4.78, 5) is 18.9. The number of Topliss-reactive ketones (excluding diaryl/α,β-unsaturated/α-hetero) is 1. The van der Waals surface area contributed by atoms with E-state index in [1.165, 1.54) is 32.4 Å². The summed E-state index contributed by atoms with van der Waals surface area (Å²) < 4.78 is 5.87. The molecule has 4 heteroatoms. The van der Waals surface area contributed by atoms with Gasteiger partial charge in [0.2, 0.25) is 0 Å². The maximum Gasteiger partial charge on any atom is 0.160 e. The number of nitrogens with zero attached hydrogens (tertiary/aromatic N) is 2. The normalized spacial score (nSPS) is 15.5. The summed E-state index contributed by atoms with van der Waals surface area (Å²) in [6.07, 6.45) is 8.62. The van der Waals surface area contributed by atoms with E-state index in [1.54, 1.807) is 13.1 Å². The summed E-state index contributed by atoms with van der Waals surface area (Å²) >= 11 is 0. The maximum atomic E-state index is 12.1. The largest absolute Gasteiger partial charge is 0.494 e. The van der Waals surface area contributed by atoms with E-state index in [1.807, 2.05) is 48.5 Å². The predicted molar refractivity (Wildman–Crippen MR) is 110 cm³/mol. The number of ether oxygens (including phenoxy) is 1. The fourth-order valence-electron chi connectivity index (χ4n) is 3.39. The van der Waals surface area contributed by atoms with Crippen molar-refractivity contribution in [2.75, 3.05) is 26.2 Å². The molecule has 1 fully saturated rings. The van der Waals surface area contributed by atoms with E-state index < -0.39 is 0 Å². The monoisotopic (exact) mass is 364 g/mol. The van der Waals surface area contributed by atoms with E-state index in [-0.39, 0.29) is 5.78 Å². The van der Waals surface area contributed by atoms with Gasteiger partial charge in [0.15, 0.2) is 5.78 Å². The lowest BCUT2D eigenvalue weighted by atomic mass is 10.0. The first-order chi connectivity index (χ1) is 13.2. The molecule has 0 saturated carbocycles.